The summed E-state index contributed by atoms with van der Waals surface area (Å²) in [4.78, 5) is 25.0. The maximum absolute atomic E-state index is 11.8. The third-order valence-electron chi connectivity index (χ3n) is 3.46. The van der Waals surface area contributed by atoms with Gasteiger partial charge in [-0.1, -0.05) is 0 Å². The minimum atomic E-state index is -0.463. The van der Waals surface area contributed by atoms with Crippen molar-refractivity contribution in [2.45, 2.75) is 18.5 Å². The van der Waals surface area contributed by atoms with E-state index < -0.39 is 6.09 Å². The predicted octanol–water partition coefficient (Wildman–Crippen LogP) is 0.585. The zero-order valence-electron chi connectivity index (χ0n) is 10.6. The van der Waals surface area contributed by atoms with E-state index in [0.29, 0.717) is 12.5 Å². The molecule has 0 aromatic heterocycles. The largest absolute Gasteiger partial charge is 0.469 e. The molecule has 3 atom stereocenters. The predicted molar refractivity (Wildman–Crippen MR) is 60.8 cm³/mol. The Kier molecular flexibility index (Phi) is 3.75. The number of carbonyl (C=O) groups excluding carboxylic acids is 2. The van der Waals surface area contributed by atoms with E-state index >= 15 is 0 Å². The van der Waals surface area contributed by atoms with Crippen molar-refractivity contribution < 1.29 is 23.8 Å². The Morgan fingerprint density at radius 2 is 2.00 bits per heavy atom. The Labute approximate surface area is 106 Å². The number of piperidine rings is 1. The Morgan fingerprint density at radius 1 is 1.28 bits per heavy atom. The highest BCUT2D eigenvalue weighted by Crippen LogP contribution is 2.43. The quantitative estimate of drug-likeness (QED) is 0.675. The molecule has 2 fully saturated rings. The van der Waals surface area contributed by atoms with Crippen LogP contribution in [-0.2, 0) is 19.0 Å². The number of carbonyl (C=O) groups is 2. The van der Waals surface area contributed by atoms with Crippen LogP contribution in [0, 0.1) is 24.9 Å². The number of nitrogens with zero attached hydrogens (tertiary/aromatic N) is 1. The van der Waals surface area contributed by atoms with Gasteiger partial charge in [0.05, 0.1) is 32.2 Å². The van der Waals surface area contributed by atoms with E-state index in [9.17, 15) is 9.59 Å². The average molecular weight is 254 g/mol. The number of rotatable bonds is 2. The number of amides is 1. The Bertz CT molecular complexity index is 345. The molecule has 99 valence electrons. The first-order valence-corrected chi connectivity index (χ1v) is 5.67. The number of fused-ring (bicyclic) bond motifs is 2. The lowest BCUT2D eigenvalue weighted by Gasteiger charge is -2.37. The summed E-state index contributed by atoms with van der Waals surface area (Å²) in [6.07, 6.45) is 4.26. The molecule has 2 bridgehead atoms. The fourth-order valence-corrected chi connectivity index (χ4v) is 2.63. The van der Waals surface area contributed by atoms with Gasteiger partial charge in [-0.3, -0.25) is 9.69 Å². The summed E-state index contributed by atoms with van der Waals surface area (Å²) < 4.78 is 14.8. The van der Waals surface area contributed by atoms with Crippen LogP contribution in [-0.4, -0.2) is 50.4 Å². The Hall–Kier alpha value is -1.30. The lowest BCUT2D eigenvalue weighted by molar-refractivity contribution is -0.145. The number of esters is 1. The van der Waals surface area contributed by atoms with Gasteiger partial charge in [0, 0.05) is 13.5 Å². The van der Waals surface area contributed by atoms with Gasteiger partial charge in [0.2, 0.25) is 0 Å². The van der Waals surface area contributed by atoms with Gasteiger partial charge in [0.25, 0.3) is 0 Å². The van der Waals surface area contributed by atoms with Crippen molar-refractivity contribution in [2.24, 2.45) is 5.92 Å². The molecule has 0 spiro atoms. The number of hydrogen-bond donors (Lipinski definition) is 0. The van der Waals surface area contributed by atoms with Gasteiger partial charge in [-0.2, -0.15) is 0 Å². The molecule has 0 aromatic rings. The van der Waals surface area contributed by atoms with Crippen molar-refractivity contribution in [3.63, 3.8) is 0 Å². The lowest BCUT2D eigenvalue weighted by Crippen LogP contribution is -2.49. The van der Waals surface area contributed by atoms with Gasteiger partial charge in [-0.25, -0.2) is 4.79 Å². The molecule has 1 amide bonds. The van der Waals surface area contributed by atoms with E-state index in [-0.39, 0.29) is 24.0 Å². The molecule has 0 aromatic carbocycles. The van der Waals surface area contributed by atoms with E-state index in [1.165, 1.54) is 19.1 Å². The van der Waals surface area contributed by atoms with Crippen LogP contribution < -0.4 is 0 Å². The SMILES string of the molecule is CO[C]1[CH][CH][C@H]2[C@H](C(=O)OC)C[C@@H]1N2C(=O)OC. The van der Waals surface area contributed by atoms with Crippen LogP contribution in [0.15, 0.2) is 0 Å². The molecule has 18 heavy (non-hydrogen) atoms. The first-order valence-electron chi connectivity index (χ1n) is 5.67. The van der Waals surface area contributed by atoms with Gasteiger partial charge >= 0.3 is 12.1 Å². The van der Waals surface area contributed by atoms with E-state index in [0.717, 1.165) is 0 Å². The van der Waals surface area contributed by atoms with E-state index in [4.69, 9.17) is 14.2 Å². The van der Waals surface area contributed by atoms with Crippen molar-refractivity contribution in [1.29, 1.82) is 0 Å². The first-order chi connectivity index (χ1) is 8.63. The maximum Gasteiger partial charge on any atom is 0.410 e. The van der Waals surface area contributed by atoms with Gasteiger partial charge in [-0.05, 0) is 12.8 Å². The smallest absolute Gasteiger partial charge is 0.410 e. The van der Waals surface area contributed by atoms with Crippen molar-refractivity contribution >= 4 is 12.1 Å². The van der Waals surface area contributed by atoms with E-state index in [1.807, 2.05) is 0 Å². The topological polar surface area (TPSA) is 65.1 Å². The first kappa shape index (κ1) is 13.1. The molecule has 6 heteroatoms. The molecule has 0 aliphatic carbocycles. The molecule has 3 radical (unpaired) electrons. The fraction of sp³-hybridized carbons (Fsp3) is 0.583. The minimum absolute atomic E-state index is 0.262. The van der Waals surface area contributed by atoms with Gasteiger partial charge in [0.15, 0.2) is 0 Å². The van der Waals surface area contributed by atoms with Gasteiger partial charge in [0.1, 0.15) is 6.10 Å². The molecule has 2 aliphatic rings. The summed E-state index contributed by atoms with van der Waals surface area (Å²) in [5.74, 6) is -0.693. The summed E-state index contributed by atoms with van der Waals surface area (Å²) in [5, 5.41) is 0. The van der Waals surface area contributed by atoms with Crippen molar-refractivity contribution in [2.75, 3.05) is 21.3 Å². The highest BCUT2D eigenvalue weighted by Gasteiger charge is 2.54. The highest BCUT2D eigenvalue weighted by molar-refractivity contribution is 5.78. The summed E-state index contributed by atoms with van der Waals surface area (Å²) in [6.45, 7) is 0. The van der Waals surface area contributed by atoms with E-state index in [1.54, 1.807) is 20.0 Å². The second-order valence-electron chi connectivity index (χ2n) is 4.21. The van der Waals surface area contributed by atoms with Crippen LogP contribution >= 0.6 is 0 Å². The second-order valence-corrected chi connectivity index (χ2v) is 4.21. The third kappa shape index (κ3) is 1.94. The molecule has 0 saturated carbocycles. The lowest BCUT2D eigenvalue weighted by atomic mass is 9.97. The summed E-state index contributed by atoms with van der Waals surface area (Å²) >= 11 is 0. The number of ether oxygens (including phenoxy) is 3. The van der Waals surface area contributed by atoms with Gasteiger partial charge in [-0.15, -0.1) is 0 Å². The molecular formula is C12H16NO5. The molecule has 0 N–H and O–H groups in total. The molecule has 2 heterocycles. The van der Waals surface area contributed by atoms with Crippen LogP contribution in [0.5, 0.6) is 0 Å². The Morgan fingerprint density at radius 3 is 2.56 bits per heavy atom. The molecular weight excluding hydrogens is 238 g/mol. The molecule has 2 rings (SSSR count). The third-order valence-corrected chi connectivity index (χ3v) is 3.46. The number of methoxy groups -OCH3 is 3. The van der Waals surface area contributed by atoms with Gasteiger partial charge < -0.3 is 14.2 Å². The minimum Gasteiger partial charge on any atom is -0.469 e. The molecule has 2 saturated heterocycles. The maximum atomic E-state index is 11.8. The molecule has 0 unspecified atom stereocenters. The van der Waals surface area contributed by atoms with Crippen LogP contribution in [0.4, 0.5) is 4.79 Å². The molecule has 2 aliphatic heterocycles. The second kappa shape index (κ2) is 5.14. The van der Waals surface area contributed by atoms with Crippen LogP contribution in [0.1, 0.15) is 6.42 Å². The van der Waals surface area contributed by atoms with Crippen LogP contribution in [0.2, 0.25) is 0 Å². The zero-order valence-corrected chi connectivity index (χ0v) is 10.6. The standard InChI is InChI=1S/C12H16NO5/c1-16-10-5-4-8-7(11(14)17-2)6-9(10)13(8)12(15)18-3/h4-5,7-9H,6H2,1-3H3/t7-,8+,9+/m1/s1. The van der Waals surface area contributed by atoms with E-state index in [2.05, 4.69) is 0 Å². The van der Waals surface area contributed by atoms with Crippen LogP contribution in [0.3, 0.4) is 0 Å². The fourth-order valence-electron chi connectivity index (χ4n) is 2.63. The molecule has 6 nitrogen and oxygen atoms in total. The van der Waals surface area contributed by atoms with Crippen molar-refractivity contribution in [3.8, 4) is 0 Å². The monoisotopic (exact) mass is 254 g/mol. The normalized spacial score (nSPS) is 31.3. The van der Waals surface area contributed by atoms with Crippen molar-refractivity contribution in [3.05, 3.63) is 18.9 Å². The number of hydrogen-bond acceptors (Lipinski definition) is 5. The summed E-state index contributed by atoms with van der Waals surface area (Å²) in [5.41, 5.74) is 0. The van der Waals surface area contributed by atoms with Crippen molar-refractivity contribution in [1.82, 2.24) is 4.90 Å². The Balaban J connectivity index is 2.24. The zero-order chi connectivity index (χ0) is 13.3. The highest BCUT2D eigenvalue weighted by atomic mass is 16.5. The summed E-state index contributed by atoms with van der Waals surface area (Å²) in [7, 11) is 4.21. The average Bonchev–Trinajstić information content (AvgIpc) is 2.68. The van der Waals surface area contributed by atoms with Crippen LogP contribution in [0.25, 0.3) is 0 Å². The summed E-state index contributed by atoms with van der Waals surface area (Å²) in [6, 6.07) is -0.588.